The first-order valence-corrected chi connectivity index (χ1v) is 11.7. The van der Waals surface area contributed by atoms with E-state index in [0.717, 1.165) is 0 Å². The number of amides is 2. The number of hydrogen-bond acceptors (Lipinski definition) is 8. The minimum atomic E-state index is -1.66. The molecule has 3 aromatic rings. The molecular formula is C25H28FN7O4. The van der Waals surface area contributed by atoms with Crippen LogP contribution >= 0.6 is 0 Å². The molecule has 4 rings (SSSR count). The normalized spacial score (nSPS) is 17.8. The number of methoxy groups -OCH3 is 1. The van der Waals surface area contributed by atoms with E-state index in [0.29, 0.717) is 41.0 Å². The molecule has 1 atom stereocenters. The van der Waals surface area contributed by atoms with Gasteiger partial charge in [-0.25, -0.2) is 13.7 Å². The van der Waals surface area contributed by atoms with E-state index in [9.17, 15) is 19.1 Å². The third-order valence-electron chi connectivity index (χ3n) is 6.25. The number of nitrogens with zero attached hydrogens (tertiary/aromatic N) is 4. The lowest BCUT2D eigenvalue weighted by Crippen LogP contribution is -2.49. The van der Waals surface area contributed by atoms with Crippen LogP contribution in [0.1, 0.15) is 42.6 Å². The Hall–Kier alpha value is -4.24. The van der Waals surface area contributed by atoms with Crippen molar-refractivity contribution in [2.24, 2.45) is 0 Å². The van der Waals surface area contributed by atoms with Crippen LogP contribution in [-0.2, 0) is 4.74 Å². The molecule has 11 nitrogen and oxygen atoms in total. The van der Waals surface area contributed by atoms with Crippen LogP contribution in [0.4, 0.5) is 14.9 Å². The van der Waals surface area contributed by atoms with Crippen molar-refractivity contribution in [2.75, 3.05) is 19.0 Å². The lowest BCUT2D eigenvalue weighted by molar-refractivity contribution is -0.00177. The van der Waals surface area contributed by atoms with Gasteiger partial charge >= 0.3 is 6.09 Å². The molecule has 37 heavy (non-hydrogen) atoms. The molecule has 2 amide bonds. The predicted octanol–water partition coefficient (Wildman–Crippen LogP) is 2.41. The Labute approximate surface area is 212 Å². The second-order valence-electron chi connectivity index (χ2n) is 9.50. The number of nitriles is 1. The van der Waals surface area contributed by atoms with Crippen molar-refractivity contribution < 1.29 is 23.8 Å². The predicted molar refractivity (Wildman–Crippen MR) is 133 cm³/mol. The summed E-state index contributed by atoms with van der Waals surface area (Å²) < 4.78 is 20.5. The fourth-order valence-corrected chi connectivity index (χ4v) is 3.98. The van der Waals surface area contributed by atoms with Gasteiger partial charge in [-0.1, -0.05) is 0 Å². The largest absolute Gasteiger partial charge is 0.453 e. The van der Waals surface area contributed by atoms with E-state index in [1.165, 1.54) is 33.4 Å². The zero-order chi connectivity index (χ0) is 26.7. The summed E-state index contributed by atoms with van der Waals surface area (Å²) in [6.07, 6.45) is 1.92. The summed E-state index contributed by atoms with van der Waals surface area (Å²) in [6, 6.07) is 9.00. The van der Waals surface area contributed by atoms with Gasteiger partial charge in [0.15, 0.2) is 0 Å². The fraction of sp³-hybridized carbons (Fsp3) is 0.400. The number of carbonyl (C=O) groups excluding carboxylic acids is 2. The van der Waals surface area contributed by atoms with E-state index < -0.39 is 23.8 Å². The Bertz CT molecular complexity index is 1360. The van der Waals surface area contributed by atoms with E-state index in [1.807, 2.05) is 12.1 Å². The number of nitrogens with one attached hydrogen (secondary N) is 3. The Morgan fingerprint density at radius 2 is 2.05 bits per heavy atom. The number of halogens is 1. The van der Waals surface area contributed by atoms with Gasteiger partial charge in [0.2, 0.25) is 0 Å². The summed E-state index contributed by atoms with van der Waals surface area (Å²) >= 11 is 0. The number of anilines is 1. The average Bonchev–Trinajstić information content (AvgIpc) is 3.28. The highest BCUT2D eigenvalue weighted by molar-refractivity contribution is 6.00. The number of alkyl carbamates (subject to hydrolysis) is 1. The van der Waals surface area contributed by atoms with Crippen LogP contribution in [-0.4, -0.2) is 69.2 Å². The molecule has 0 saturated heterocycles. The first-order chi connectivity index (χ1) is 17.6. The Balaban J connectivity index is 1.59. The zero-order valence-electron chi connectivity index (χ0n) is 20.7. The van der Waals surface area contributed by atoms with E-state index >= 15 is 0 Å². The maximum Gasteiger partial charge on any atom is 0.407 e. The molecule has 1 fully saturated rings. The first-order valence-electron chi connectivity index (χ1n) is 11.7. The fourth-order valence-electron chi connectivity index (χ4n) is 3.98. The molecular weight excluding hydrogens is 481 g/mol. The Morgan fingerprint density at radius 1 is 1.30 bits per heavy atom. The van der Waals surface area contributed by atoms with Crippen LogP contribution in [0.25, 0.3) is 16.9 Å². The van der Waals surface area contributed by atoms with Crippen molar-refractivity contribution in [3.63, 3.8) is 0 Å². The molecule has 0 aromatic carbocycles. The van der Waals surface area contributed by atoms with Gasteiger partial charge in [0, 0.05) is 18.3 Å². The molecule has 4 N–H and O–H groups in total. The van der Waals surface area contributed by atoms with E-state index in [4.69, 9.17) is 5.26 Å². The molecule has 3 aromatic heterocycles. The SMILES string of the molecule is COC(=O)N[C@H]1C[C@@H](Nc2cc(-c3ccc4cc(C#N)cnn34)ncc2C(=O)NC[C@@H](F)C(C)(C)O)C1. The second kappa shape index (κ2) is 10.4. The third-order valence-corrected chi connectivity index (χ3v) is 6.25. The maximum absolute atomic E-state index is 14.2. The molecule has 3 heterocycles. The number of hydrogen-bond donors (Lipinski definition) is 4. The van der Waals surface area contributed by atoms with Crippen molar-refractivity contribution in [2.45, 2.75) is 50.5 Å². The van der Waals surface area contributed by atoms with Crippen molar-refractivity contribution in [3.05, 3.63) is 47.8 Å². The van der Waals surface area contributed by atoms with Gasteiger partial charge in [-0.05, 0) is 51.0 Å². The smallest absolute Gasteiger partial charge is 0.407 e. The van der Waals surface area contributed by atoms with Crippen LogP contribution in [0, 0.1) is 11.3 Å². The highest BCUT2D eigenvalue weighted by Crippen LogP contribution is 2.30. The van der Waals surface area contributed by atoms with Crippen LogP contribution in [0.5, 0.6) is 0 Å². The number of carbonyl (C=O) groups is 2. The van der Waals surface area contributed by atoms with Crippen LogP contribution < -0.4 is 16.0 Å². The minimum absolute atomic E-state index is 0.0328. The topological polar surface area (TPSA) is 154 Å². The van der Waals surface area contributed by atoms with Crippen LogP contribution in [0.3, 0.4) is 0 Å². The molecule has 1 saturated carbocycles. The monoisotopic (exact) mass is 509 g/mol. The zero-order valence-corrected chi connectivity index (χ0v) is 20.7. The number of fused-ring (bicyclic) bond motifs is 1. The van der Waals surface area contributed by atoms with Gasteiger partial charge in [0.1, 0.15) is 12.2 Å². The summed E-state index contributed by atoms with van der Waals surface area (Å²) in [6.45, 7) is 2.29. The van der Waals surface area contributed by atoms with Gasteiger partial charge in [0.05, 0.1) is 59.2 Å². The summed E-state index contributed by atoms with van der Waals surface area (Å²) in [5.74, 6) is -0.547. The lowest BCUT2D eigenvalue weighted by atomic mass is 9.86. The van der Waals surface area contributed by atoms with Crippen molar-refractivity contribution in [1.82, 2.24) is 25.2 Å². The summed E-state index contributed by atoms with van der Waals surface area (Å²) in [4.78, 5) is 28.9. The highest BCUT2D eigenvalue weighted by Gasteiger charge is 2.32. The van der Waals surface area contributed by atoms with Crippen LogP contribution in [0.15, 0.2) is 36.7 Å². The lowest BCUT2D eigenvalue weighted by Gasteiger charge is -2.36. The van der Waals surface area contributed by atoms with Crippen molar-refractivity contribution in [1.29, 1.82) is 5.26 Å². The highest BCUT2D eigenvalue weighted by atomic mass is 19.1. The number of aliphatic hydroxyl groups is 1. The van der Waals surface area contributed by atoms with E-state index in [2.05, 4.69) is 36.8 Å². The minimum Gasteiger partial charge on any atom is -0.453 e. The van der Waals surface area contributed by atoms with Crippen molar-refractivity contribution >= 4 is 23.2 Å². The summed E-state index contributed by atoms with van der Waals surface area (Å²) in [5.41, 5.74) is 1.40. The summed E-state index contributed by atoms with van der Waals surface area (Å²) in [5, 5.41) is 31.9. The molecule has 194 valence electrons. The quantitative estimate of drug-likeness (QED) is 0.361. The Kier molecular flexibility index (Phi) is 7.26. The molecule has 12 heteroatoms. The maximum atomic E-state index is 14.2. The standard InChI is InChI=1S/C25H28FN7O4/c1-25(2,36)22(26)13-29-23(34)18-12-28-20(21-5-4-17-6-14(10-27)11-30-33(17)21)9-19(18)31-15-7-16(8-15)32-24(35)37-3/h4-6,9,11-12,15-16,22,36H,7-8,13H2,1-3H3,(H,28,31)(H,29,34)(H,32,35)/t15-,16+,22-/m1/s1. The van der Waals surface area contributed by atoms with Gasteiger partial charge in [-0.15, -0.1) is 0 Å². The Morgan fingerprint density at radius 3 is 2.73 bits per heavy atom. The van der Waals surface area contributed by atoms with Crippen molar-refractivity contribution in [3.8, 4) is 17.5 Å². The second-order valence-corrected chi connectivity index (χ2v) is 9.50. The molecule has 1 aliphatic rings. The van der Waals surface area contributed by atoms with Gasteiger partial charge in [-0.3, -0.25) is 9.78 Å². The summed E-state index contributed by atoms with van der Waals surface area (Å²) in [7, 11) is 1.30. The van der Waals surface area contributed by atoms with Gasteiger partial charge in [-0.2, -0.15) is 10.4 Å². The van der Waals surface area contributed by atoms with E-state index in [-0.39, 0.29) is 24.2 Å². The van der Waals surface area contributed by atoms with Crippen LogP contribution in [0.2, 0.25) is 0 Å². The number of ether oxygens (including phenoxy) is 1. The number of alkyl halides is 1. The molecule has 1 aliphatic carbocycles. The third kappa shape index (κ3) is 5.78. The first kappa shape index (κ1) is 25.8. The van der Waals surface area contributed by atoms with E-state index in [1.54, 1.807) is 16.6 Å². The average molecular weight is 510 g/mol. The van der Waals surface area contributed by atoms with Gasteiger partial charge < -0.3 is 25.8 Å². The number of aromatic nitrogens is 3. The number of pyridine rings is 1. The molecule has 0 unspecified atom stereocenters. The molecule has 0 bridgehead atoms. The molecule has 0 aliphatic heterocycles. The molecule has 0 radical (unpaired) electrons. The van der Waals surface area contributed by atoms with Gasteiger partial charge in [0.25, 0.3) is 5.91 Å². The number of rotatable bonds is 8. The molecule has 0 spiro atoms.